The summed E-state index contributed by atoms with van der Waals surface area (Å²) in [6.07, 6.45) is 0. The van der Waals surface area contributed by atoms with Crippen LogP contribution >= 0.6 is 0 Å². The molecule has 130 valence electrons. The molecular weight excluding hydrogens is 310 g/mol. The van der Waals surface area contributed by atoms with Crippen LogP contribution in [0, 0.1) is 0 Å². The minimum atomic E-state index is -1.20. The summed E-state index contributed by atoms with van der Waals surface area (Å²) in [5.41, 5.74) is -1.01. The minimum Gasteiger partial charge on any atom is -0.497 e. The molecule has 4 amide bonds. The van der Waals surface area contributed by atoms with E-state index in [9.17, 15) is 14.4 Å². The first-order chi connectivity index (χ1) is 11.1. The molecule has 7 nitrogen and oxygen atoms in total. The Morgan fingerprint density at radius 2 is 1.83 bits per heavy atom. The van der Waals surface area contributed by atoms with Crippen LogP contribution in [0.2, 0.25) is 0 Å². The maximum absolute atomic E-state index is 12.7. The summed E-state index contributed by atoms with van der Waals surface area (Å²) in [4.78, 5) is 37.9. The second-order valence-electron chi connectivity index (χ2n) is 6.97. The quantitative estimate of drug-likeness (QED) is 0.815. The first-order valence-electron chi connectivity index (χ1n) is 7.66. The lowest BCUT2D eigenvalue weighted by atomic mass is 9.92. The average Bonchev–Trinajstić information content (AvgIpc) is 2.70. The van der Waals surface area contributed by atoms with Gasteiger partial charge in [-0.2, -0.15) is 0 Å². The molecule has 1 aliphatic heterocycles. The first-order valence-corrected chi connectivity index (χ1v) is 7.66. The first kappa shape index (κ1) is 17.8. The number of hydrogen-bond donors (Lipinski definition) is 2. The van der Waals surface area contributed by atoms with Crippen molar-refractivity contribution in [3.63, 3.8) is 0 Å². The van der Waals surface area contributed by atoms with E-state index in [1.807, 2.05) is 20.8 Å². The van der Waals surface area contributed by atoms with Gasteiger partial charge < -0.3 is 15.4 Å². The van der Waals surface area contributed by atoms with Gasteiger partial charge in [-0.05, 0) is 45.4 Å². The van der Waals surface area contributed by atoms with Gasteiger partial charge in [0.1, 0.15) is 17.8 Å². The predicted octanol–water partition coefficient (Wildman–Crippen LogP) is 1.38. The van der Waals surface area contributed by atoms with Gasteiger partial charge in [0, 0.05) is 5.54 Å². The Hall–Kier alpha value is -2.57. The number of carbonyl (C=O) groups excluding carboxylic acids is 3. The minimum absolute atomic E-state index is 0.312. The average molecular weight is 333 g/mol. The number of ether oxygens (including phenoxy) is 1. The van der Waals surface area contributed by atoms with Crippen molar-refractivity contribution in [2.24, 2.45) is 0 Å². The van der Waals surface area contributed by atoms with E-state index in [2.05, 4.69) is 10.6 Å². The number of nitrogens with zero attached hydrogens (tertiary/aromatic N) is 1. The fraction of sp³-hybridized carbons (Fsp3) is 0.471. The van der Waals surface area contributed by atoms with Gasteiger partial charge in [-0.25, -0.2) is 4.79 Å². The summed E-state index contributed by atoms with van der Waals surface area (Å²) in [7, 11) is 1.55. The van der Waals surface area contributed by atoms with Gasteiger partial charge in [-0.1, -0.05) is 12.1 Å². The SMILES string of the molecule is COc1ccc([C@@]2(C)NC(=O)N(CC(=O)NC(C)(C)C)C2=O)cc1. The maximum Gasteiger partial charge on any atom is 0.325 e. The van der Waals surface area contributed by atoms with Crippen molar-refractivity contribution >= 4 is 17.8 Å². The number of rotatable bonds is 4. The van der Waals surface area contributed by atoms with Gasteiger partial charge >= 0.3 is 6.03 Å². The molecule has 0 bridgehead atoms. The molecular formula is C17H23N3O4. The predicted molar refractivity (Wildman–Crippen MR) is 88.5 cm³/mol. The van der Waals surface area contributed by atoms with Crippen molar-refractivity contribution in [3.05, 3.63) is 29.8 Å². The van der Waals surface area contributed by atoms with Crippen molar-refractivity contribution in [3.8, 4) is 5.75 Å². The summed E-state index contributed by atoms with van der Waals surface area (Å²) >= 11 is 0. The van der Waals surface area contributed by atoms with Gasteiger partial charge in [0.2, 0.25) is 5.91 Å². The number of amides is 4. The molecule has 0 radical (unpaired) electrons. The van der Waals surface area contributed by atoms with Gasteiger partial charge in [0.05, 0.1) is 7.11 Å². The highest BCUT2D eigenvalue weighted by Crippen LogP contribution is 2.29. The van der Waals surface area contributed by atoms with Crippen LogP contribution in [0.5, 0.6) is 5.75 Å². The Labute approximate surface area is 141 Å². The Balaban J connectivity index is 2.19. The van der Waals surface area contributed by atoms with Crippen LogP contribution in [-0.4, -0.2) is 41.9 Å². The lowest BCUT2D eigenvalue weighted by molar-refractivity contribution is -0.135. The second kappa shape index (κ2) is 6.14. The zero-order valence-electron chi connectivity index (χ0n) is 14.6. The number of carbonyl (C=O) groups is 3. The van der Waals surface area contributed by atoms with Crippen LogP contribution in [0.15, 0.2) is 24.3 Å². The second-order valence-corrected chi connectivity index (χ2v) is 6.97. The third-order valence-corrected chi connectivity index (χ3v) is 3.76. The maximum atomic E-state index is 12.7. The molecule has 24 heavy (non-hydrogen) atoms. The Kier molecular flexibility index (Phi) is 4.55. The molecule has 1 saturated heterocycles. The van der Waals surface area contributed by atoms with E-state index in [0.29, 0.717) is 11.3 Å². The van der Waals surface area contributed by atoms with Crippen molar-refractivity contribution in [2.45, 2.75) is 38.8 Å². The van der Waals surface area contributed by atoms with E-state index in [0.717, 1.165) is 4.90 Å². The van der Waals surface area contributed by atoms with Crippen LogP contribution in [0.3, 0.4) is 0 Å². The van der Waals surface area contributed by atoms with Crippen LogP contribution in [0.4, 0.5) is 4.79 Å². The topological polar surface area (TPSA) is 87.7 Å². The zero-order valence-corrected chi connectivity index (χ0v) is 14.6. The van der Waals surface area contributed by atoms with Crippen LogP contribution < -0.4 is 15.4 Å². The Morgan fingerprint density at radius 1 is 1.25 bits per heavy atom. The standard InChI is InChI=1S/C17H23N3O4/c1-16(2,3)18-13(21)10-20-14(22)17(4,19-15(20)23)11-6-8-12(24-5)9-7-11/h6-9H,10H2,1-5H3,(H,18,21)(H,19,23)/t17-/m1/s1. The molecule has 0 spiro atoms. The van der Waals surface area contributed by atoms with Gasteiger partial charge in [0.15, 0.2) is 0 Å². The number of benzene rings is 1. The molecule has 0 aromatic heterocycles. The zero-order chi connectivity index (χ0) is 18.1. The van der Waals surface area contributed by atoms with Crippen molar-refractivity contribution in [1.82, 2.24) is 15.5 Å². The molecule has 1 aromatic rings. The summed E-state index contributed by atoms with van der Waals surface area (Å²) in [6.45, 7) is 6.80. The molecule has 1 atom stereocenters. The number of imide groups is 1. The third-order valence-electron chi connectivity index (χ3n) is 3.76. The highest BCUT2D eigenvalue weighted by atomic mass is 16.5. The highest BCUT2D eigenvalue weighted by molar-refractivity contribution is 6.09. The lowest BCUT2D eigenvalue weighted by Crippen LogP contribution is -2.48. The summed E-state index contributed by atoms with van der Waals surface area (Å²) in [5.74, 6) is -0.188. The normalized spacial score (nSPS) is 20.8. The van der Waals surface area contributed by atoms with E-state index in [1.165, 1.54) is 0 Å². The third kappa shape index (κ3) is 3.50. The van der Waals surface area contributed by atoms with E-state index in [4.69, 9.17) is 4.74 Å². The number of nitrogens with one attached hydrogen (secondary N) is 2. The van der Waals surface area contributed by atoms with E-state index in [1.54, 1.807) is 38.3 Å². The Morgan fingerprint density at radius 3 is 2.33 bits per heavy atom. The van der Waals surface area contributed by atoms with Crippen molar-refractivity contribution < 1.29 is 19.1 Å². The van der Waals surface area contributed by atoms with Gasteiger partial charge in [0.25, 0.3) is 5.91 Å². The highest BCUT2D eigenvalue weighted by Gasteiger charge is 2.49. The van der Waals surface area contributed by atoms with E-state index < -0.39 is 23.0 Å². The Bertz CT molecular complexity index is 663. The number of hydrogen-bond acceptors (Lipinski definition) is 4. The summed E-state index contributed by atoms with van der Waals surface area (Å²) in [5, 5.41) is 5.41. The fourth-order valence-corrected chi connectivity index (χ4v) is 2.56. The molecule has 0 unspecified atom stereocenters. The monoisotopic (exact) mass is 333 g/mol. The van der Waals surface area contributed by atoms with Crippen molar-refractivity contribution in [1.29, 1.82) is 0 Å². The molecule has 1 aromatic carbocycles. The molecule has 0 saturated carbocycles. The molecule has 1 fully saturated rings. The lowest BCUT2D eigenvalue weighted by Gasteiger charge is -2.24. The molecule has 2 N–H and O–H groups in total. The fourth-order valence-electron chi connectivity index (χ4n) is 2.56. The summed E-state index contributed by atoms with van der Waals surface area (Å²) < 4.78 is 5.10. The van der Waals surface area contributed by atoms with Crippen LogP contribution in [0.1, 0.15) is 33.3 Å². The molecule has 7 heteroatoms. The number of urea groups is 1. The molecule has 1 aliphatic rings. The molecule has 2 rings (SSSR count). The molecule has 0 aliphatic carbocycles. The molecule has 1 heterocycles. The van der Waals surface area contributed by atoms with E-state index in [-0.39, 0.29) is 12.5 Å². The van der Waals surface area contributed by atoms with Crippen molar-refractivity contribution in [2.75, 3.05) is 13.7 Å². The van der Waals surface area contributed by atoms with Gasteiger partial charge in [-0.15, -0.1) is 0 Å². The largest absolute Gasteiger partial charge is 0.497 e. The smallest absolute Gasteiger partial charge is 0.325 e. The van der Waals surface area contributed by atoms with E-state index >= 15 is 0 Å². The number of methoxy groups -OCH3 is 1. The summed E-state index contributed by atoms with van der Waals surface area (Å²) in [6, 6.07) is 6.29. The van der Waals surface area contributed by atoms with Gasteiger partial charge in [-0.3, -0.25) is 14.5 Å². The van der Waals surface area contributed by atoms with Crippen LogP contribution in [0.25, 0.3) is 0 Å². The van der Waals surface area contributed by atoms with Crippen LogP contribution in [-0.2, 0) is 15.1 Å².